The molecule has 0 heterocycles. The maximum atomic E-state index is 12.8. The van der Waals surface area contributed by atoms with Crippen molar-refractivity contribution in [2.24, 2.45) is 11.0 Å². The first kappa shape index (κ1) is 27.7. The van der Waals surface area contributed by atoms with Crippen molar-refractivity contribution in [2.75, 3.05) is 6.61 Å². The van der Waals surface area contributed by atoms with E-state index in [9.17, 15) is 9.59 Å². The Labute approximate surface area is 214 Å². The number of nitrogens with zero attached hydrogens (tertiary/aromatic N) is 1. The van der Waals surface area contributed by atoms with E-state index in [2.05, 4.69) is 31.8 Å². The van der Waals surface area contributed by atoms with Crippen LogP contribution in [-0.4, -0.2) is 36.8 Å². The Morgan fingerprint density at radius 3 is 2.41 bits per heavy atom. The molecule has 0 bridgehead atoms. The van der Waals surface area contributed by atoms with Gasteiger partial charge in [0.1, 0.15) is 6.04 Å². The molecule has 0 aliphatic carbocycles. The molecule has 2 N–H and O–H groups in total. The monoisotopic (exact) mass is 551 g/mol. The summed E-state index contributed by atoms with van der Waals surface area (Å²) in [5.74, 6) is 0.610. The van der Waals surface area contributed by atoms with E-state index in [0.29, 0.717) is 45.1 Å². The Hall–Kier alpha value is -2.58. The Kier molecular flexibility index (Phi) is 10.9. The van der Waals surface area contributed by atoms with Crippen molar-refractivity contribution in [3.63, 3.8) is 0 Å². The molecule has 0 saturated carbocycles. The fourth-order valence-electron chi connectivity index (χ4n) is 3.07. The minimum Gasteiger partial charge on any atom is -0.490 e. The molecule has 0 aliphatic heterocycles. The molecule has 0 aliphatic rings. The van der Waals surface area contributed by atoms with Crippen molar-refractivity contribution >= 4 is 45.6 Å². The Bertz CT molecular complexity index is 1010. The van der Waals surface area contributed by atoms with Gasteiger partial charge in [-0.2, -0.15) is 5.10 Å². The van der Waals surface area contributed by atoms with Crippen LogP contribution in [0.15, 0.2) is 46.0 Å². The van der Waals surface area contributed by atoms with Gasteiger partial charge >= 0.3 is 0 Å². The molecule has 1 atom stereocenters. The fraction of sp³-hybridized carbons (Fsp3) is 0.400. The lowest BCUT2D eigenvalue weighted by Crippen LogP contribution is -2.46. The van der Waals surface area contributed by atoms with Crippen LogP contribution in [0.2, 0.25) is 5.02 Å². The zero-order valence-corrected chi connectivity index (χ0v) is 22.4. The van der Waals surface area contributed by atoms with Gasteiger partial charge < -0.3 is 14.8 Å². The van der Waals surface area contributed by atoms with Gasteiger partial charge in [0.15, 0.2) is 11.5 Å². The third-order valence-corrected chi connectivity index (χ3v) is 5.35. The number of hydrogen-bond acceptors (Lipinski definition) is 5. The average molecular weight is 553 g/mol. The quantitative estimate of drug-likeness (QED) is 0.281. The molecule has 184 valence electrons. The van der Waals surface area contributed by atoms with E-state index in [1.54, 1.807) is 30.3 Å². The highest BCUT2D eigenvalue weighted by atomic mass is 79.9. The molecule has 2 amide bonds. The minimum atomic E-state index is -0.743. The summed E-state index contributed by atoms with van der Waals surface area (Å²) in [6, 6.07) is 9.35. The molecule has 0 radical (unpaired) electrons. The first-order chi connectivity index (χ1) is 16.1. The molecule has 2 aromatic rings. The molecular weight excluding hydrogens is 522 g/mol. The van der Waals surface area contributed by atoms with E-state index >= 15 is 0 Å². The maximum Gasteiger partial charge on any atom is 0.262 e. The van der Waals surface area contributed by atoms with Crippen LogP contribution in [0.5, 0.6) is 11.5 Å². The topological polar surface area (TPSA) is 89.0 Å². The molecule has 34 heavy (non-hydrogen) atoms. The van der Waals surface area contributed by atoms with E-state index in [-0.39, 0.29) is 17.9 Å². The smallest absolute Gasteiger partial charge is 0.262 e. The fourth-order valence-corrected chi connectivity index (χ4v) is 3.75. The summed E-state index contributed by atoms with van der Waals surface area (Å²) in [6.07, 6.45) is 1.95. The van der Waals surface area contributed by atoms with Gasteiger partial charge in [0.05, 0.1) is 23.4 Å². The highest BCUT2D eigenvalue weighted by Crippen LogP contribution is 2.37. The summed E-state index contributed by atoms with van der Waals surface area (Å²) in [5.41, 5.74) is 3.66. The normalized spacial score (nSPS) is 12.1. The lowest BCUT2D eigenvalue weighted by molar-refractivity contribution is -0.123. The standard InChI is InChI=1S/C25H31BrClN3O4/c1-6-33-22-13-17(12-20(26)23(22)34-16(4)5)14-28-30-25(32)21(11-15(2)3)29-24(31)18-7-9-19(27)10-8-18/h7-10,12-16,21H,6,11H2,1-5H3,(H,29,31)(H,30,32)/b28-14+. The van der Waals surface area contributed by atoms with Gasteiger partial charge in [0.25, 0.3) is 11.8 Å². The zero-order chi connectivity index (χ0) is 25.3. The number of benzene rings is 2. The number of carbonyl (C=O) groups excluding carboxylic acids is 2. The highest BCUT2D eigenvalue weighted by Gasteiger charge is 2.22. The molecule has 2 rings (SSSR count). The van der Waals surface area contributed by atoms with Crippen molar-refractivity contribution in [1.29, 1.82) is 0 Å². The molecular formula is C25H31BrClN3O4. The van der Waals surface area contributed by atoms with Crippen LogP contribution in [0.25, 0.3) is 0 Å². The number of hydrogen-bond donors (Lipinski definition) is 2. The van der Waals surface area contributed by atoms with Crippen LogP contribution in [0, 0.1) is 5.92 Å². The number of carbonyl (C=O) groups is 2. The maximum absolute atomic E-state index is 12.8. The zero-order valence-electron chi connectivity index (χ0n) is 20.0. The van der Waals surface area contributed by atoms with E-state index in [1.165, 1.54) is 6.21 Å². The highest BCUT2D eigenvalue weighted by molar-refractivity contribution is 9.10. The molecule has 0 spiro atoms. The lowest BCUT2D eigenvalue weighted by atomic mass is 10.0. The van der Waals surface area contributed by atoms with Gasteiger partial charge in [-0.25, -0.2) is 5.43 Å². The molecule has 9 heteroatoms. The van der Waals surface area contributed by atoms with E-state index in [4.69, 9.17) is 21.1 Å². The van der Waals surface area contributed by atoms with Crippen molar-refractivity contribution in [3.05, 3.63) is 57.0 Å². The van der Waals surface area contributed by atoms with Gasteiger partial charge in [-0.05, 0) is 91.0 Å². The van der Waals surface area contributed by atoms with Crippen LogP contribution in [-0.2, 0) is 4.79 Å². The van der Waals surface area contributed by atoms with Crippen molar-refractivity contribution in [3.8, 4) is 11.5 Å². The summed E-state index contributed by atoms with van der Waals surface area (Å²) in [5, 5.41) is 7.40. The summed E-state index contributed by atoms with van der Waals surface area (Å²) in [6.45, 7) is 10.2. The second-order valence-corrected chi connectivity index (χ2v) is 9.62. The number of rotatable bonds is 11. The predicted molar refractivity (Wildman–Crippen MR) is 139 cm³/mol. The van der Waals surface area contributed by atoms with Crippen LogP contribution in [0.3, 0.4) is 0 Å². The second-order valence-electron chi connectivity index (χ2n) is 8.33. The van der Waals surface area contributed by atoms with E-state index in [1.807, 2.05) is 40.7 Å². The van der Waals surface area contributed by atoms with Gasteiger partial charge in [-0.15, -0.1) is 0 Å². The number of amides is 2. The van der Waals surface area contributed by atoms with E-state index < -0.39 is 11.9 Å². The summed E-state index contributed by atoms with van der Waals surface area (Å²) in [4.78, 5) is 25.4. The molecule has 2 aromatic carbocycles. The molecule has 7 nitrogen and oxygen atoms in total. The van der Waals surface area contributed by atoms with Gasteiger partial charge in [0.2, 0.25) is 0 Å². The van der Waals surface area contributed by atoms with Crippen LogP contribution in [0.1, 0.15) is 57.0 Å². The predicted octanol–water partition coefficient (Wildman–Crippen LogP) is 5.58. The number of halogens is 2. The van der Waals surface area contributed by atoms with Crippen molar-refractivity contribution in [1.82, 2.24) is 10.7 Å². The minimum absolute atomic E-state index is 0.0183. The molecule has 0 fully saturated rings. The first-order valence-electron chi connectivity index (χ1n) is 11.1. The van der Waals surface area contributed by atoms with Crippen molar-refractivity contribution < 1.29 is 19.1 Å². The van der Waals surface area contributed by atoms with Gasteiger partial charge in [-0.1, -0.05) is 25.4 Å². The lowest BCUT2D eigenvalue weighted by Gasteiger charge is -2.19. The summed E-state index contributed by atoms with van der Waals surface area (Å²) < 4.78 is 12.3. The summed E-state index contributed by atoms with van der Waals surface area (Å²) in [7, 11) is 0. The number of ether oxygens (including phenoxy) is 2. The molecule has 0 aromatic heterocycles. The Morgan fingerprint density at radius 1 is 1.15 bits per heavy atom. The van der Waals surface area contributed by atoms with Crippen molar-refractivity contribution in [2.45, 2.75) is 53.2 Å². The van der Waals surface area contributed by atoms with Crippen LogP contribution in [0.4, 0.5) is 0 Å². The largest absolute Gasteiger partial charge is 0.490 e. The van der Waals surface area contributed by atoms with Crippen LogP contribution >= 0.6 is 27.5 Å². The van der Waals surface area contributed by atoms with Gasteiger partial charge in [-0.3, -0.25) is 9.59 Å². The Morgan fingerprint density at radius 2 is 1.82 bits per heavy atom. The average Bonchev–Trinajstić information content (AvgIpc) is 2.75. The summed E-state index contributed by atoms with van der Waals surface area (Å²) >= 11 is 9.40. The number of nitrogens with one attached hydrogen (secondary N) is 2. The third kappa shape index (κ3) is 8.65. The number of hydrazone groups is 1. The third-order valence-electron chi connectivity index (χ3n) is 4.51. The SMILES string of the molecule is CCOc1cc(/C=N/NC(=O)C(CC(C)C)NC(=O)c2ccc(Cl)cc2)cc(Br)c1OC(C)C. The second kappa shape index (κ2) is 13.3. The molecule has 0 saturated heterocycles. The van der Waals surface area contributed by atoms with Gasteiger partial charge in [0, 0.05) is 10.6 Å². The first-order valence-corrected chi connectivity index (χ1v) is 12.3. The van der Waals surface area contributed by atoms with E-state index in [0.717, 1.165) is 0 Å². The molecule has 1 unspecified atom stereocenters. The van der Waals surface area contributed by atoms with Crippen LogP contribution < -0.4 is 20.2 Å². The Balaban J connectivity index is 2.12.